The molecule has 7 heteroatoms. The monoisotopic (exact) mass is 460 g/mol. The molecule has 0 heterocycles. The van der Waals surface area contributed by atoms with E-state index in [9.17, 15) is 4.21 Å². The highest BCUT2D eigenvalue weighted by Gasteiger charge is 2.18. The summed E-state index contributed by atoms with van der Waals surface area (Å²) >= 11 is 0. The molecule has 2 N–H and O–H groups in total. The molecule has 0 aliphatic heterocycles. The molecule has 0 saturated carbocycles. The summed E-state index contributed by atoms with van der Waals surface area (Å²) in [7, 11) is 0.928. The maximum atomic E-state index is 12.0. The summed E-state index contributed by atoms with van der Waals surface area (Å²) in [6.07, 6.45) is 0. The van der Waals surface area contributed by atoms with E-state index in [1.165, 1.54) is 0 Å². The number of aliphatic imine (C=N–C) groups is 1. The Hall–Kier alpha value is 0.110. The highest BCUT2D eigenvalue weighted by atomic mass is 127. The lowest BCUT2D eigenvalue weighted by atomic mass is 10.2. The Morgan fingerprint density at radius 1 is 1.09 bits per heavy atom. The zero-order valence-corrected chi connectivity index (χ0v) is 19.2. The molecule has 0 aliphatic rings. The molecule has 23 heavy (non-hydrogen) atoms. The molecular formula is C16H37IN4OS. The van der Waals surface area contributed by atoms with Crippen LogP contribution in [0.3, 0.4) is 0 Å². The smallest absolute Gasteiger partial charge is 0.191 e. The second kappa shape index (κ2) is 12.5. The second-order valence-corrected chi connectivity index (χ2v) is 9.34. The van der Waals surface area contributed by atoms with Gasteiger partial charge < -0.3 is 10.6 Å². The first-order valence-electron chi connectivity index (χ1n) is 8.18. The Kier molecular flexibility index (Phi) is 13.7. The van der Waals surface area contributed by atoms with Crippen molar-refractivity contribution < 1.29 is 4.21 Å². The van der Waals surface area contributed by atoms with Crippen LogP contribution in [0, 0.1) is 0 Å². The van der Waals surface area contributed by atoms with Crippen molar-refractivity contribution in [3.63, 3.8) is 0 Å². The number of nitrogens with one attached hydrogen (secondary N) is 2. The topological polar surface area (TPSA) is 56.7 Å². The van der Waals surface area contributed by atoms with E-state index in [4.69, 9.17) is 0 Å². The average Bonchev–Trinajstić information content (AvgIpc) is 2.39. The molecular weight excluding hydrogens is 423 g/mol. The second-order valence-electron chi connectivity index (χ2n) is 7.01. The molecule has 0 rings (SSSR count). The summed E-state index contributed by atoms with van der Waals surface area (Å²) in [5, 5.41) is 6.55. The average molecular weight is 460 g/mol. The summed E-state index contributed by atoms with van der Waals surface area (Å²) < 4.78 is 11.8. The van der Waals surface area contributed by atoms with Crippen LogP contribution in [0.4, 0.5) is 0 Å². The van der Waals surface area contributed by atoms with Crippen LogP contribution in [0.25, 0.3) is 0 Å². The minimum Gasteiger partial charge on any atom is -0.355 e. The first-order valence-corrected chi connectivity index (χ1v) is 9.50. The van der Waals surface area contributed by atoms with E-state index >= 15 is 0 Å². The molecule has 1 unspecified atom stereocenters. The number of halogens is 1. The first-order chi connectivity index (χ1) is 10.1. The largest absolute Gasteiger partial charge is 0.355 e. The molecule has 140 valence electrons. The number of hydrogen-bond acceptors (Lipinski definition) is 3. The Morgan fingerprint density at radius 3 is 1.96 bits per heavy atom. The zero-order valence-electron chi connectivity index (χ0n) is 16.1. The zero-order chi connectivity index (χ0) is 17.3. The summed E-state index contributed by atoms with van der Waals surface area (Å²) in [6.45, 7) is 17.4. The van der Waals surface area contributed by atoms with Gasteiger partial charge in [-0.05, 0) is 48.5 Å². The quantitative estimate of drug-likeness (QED) is 0.332. The van der Waals surface area contributed by atoms with E-state index in [2.05, 4.69) is 48.2 Å². The predicted molar refractivity (Wildman–Crippen MR) is 115 cm³/mol. The third-order valence-electron chi connectivity index (χ3n) is 3.48. The highest BCUT2D eigenvalue weighted by molar-refractivity contribution is 14.0. The summed E-state index contributed by atoms with van der Waals surface area (Å²) in [6, 6.07) is 1.07. The van der Waals surface area contributed by atoms with Crippen molar-refractivity contribution in [3.05, 3.63) is 0 Å². The van der Waals surface area contributed by atoms with E-state index in [1.807, 2.05) is 20.8 Å². The molecule has 0 aromatic carbocycles. The van der Waals surface area contributed by atoms with Gasteiger partial charge in [-0.15, -0.1) is 24.0 Å². The molecule has 0 bridgehead atoms. The minimum absolute atomic E-state index is 0. The molecule has 5 nitrogen and oxygen atoms in total. The van der Waals surface area contributed by atoms with E-state index in [0.29, 0.717) is 24.4 Å². The van der Waals surface area contributed by atoms with E-state index in [1.54, 1.807) is 7.05 Å². The fraction of sp³-hybridized carbons (Fsp3) is 0.938. The first kappa shape index (κ1) is 25.4. The molecule has 0 fully saturated rings. The fourth-order valence-electron chi connectivity index (χ4n) is 2.21. The van der Waals surface area contributed by atoms with Gasteiger partial charge in [0.25, 0.3) is 0 Å². The van der Waals surface area contributed by atoms with E-state index < -0.39 is 10.8 Å². The normalized spacial score (nSPS) is 14.1. The van der Waals surface area contributed by atoms with Gasteiger partial charge in [-0.1, -0.05) is 0 Å². The number of nitrogens with zero attached hydrogens (tertiary/aromatic N) is 2. The SMILES string of the molecule is CN=C(NCCN(C(C)C)C(C)C)NCCS(=O)C(C)(C)C.I. The Bertz CT molecular complexity index is 360. The van der Waals surface area contributed by atoms with Crippen molar-refractivity contribution in [1.29, 1.82) is 0 Å². The predicted octanol–water partition coefficient (Wildman–Crippen LogP) is 2.44. The molecule has 1 atom stereocenters. The number of hydrogen-bond donors (Lipinski definition) is 2. The van der Waals surface area contributed by atoms with Crippen LogP contribution in [-0.4, -0.2) is 64.3 Å². The van der Waals surface area contributed by atoms with Crippen molar-refractivity contribution in [2.75, 3.05) is 32.4 Å². The summed E-state index contributed by atoms with van der Waals surface area (Å²) in [4.78, 5) is 6.65. The van der Waals surface area contributed by atoms with Crippen molar-refractivity contribution in [2.24, 2.45) is 4.99 Å². The standard InChI is InChI=1S/C16H36N4OS.HI/c1-13(2)20(14(3)4)11-9-18-15(17-8)19-10-12-22(21)16(5,6)7;/h13-14H,9-12H2,1-8H3,(H2,17,18,19);1H. The number of rotatable bonds is 8. The summed E-state index contributed by atoms with van der Waals surface area (Å²) in [5.41, 5.74) is 0. The van der Waals surface area contributed by atoms with Crippen molar-refractivity contribution >= 4 is 40.7 Å². The molecule has 0 aromatic rings. The lowest BCUT2D eigenvalue weighted by Gasteiger charge is -2.30. The van der Waals surface area contributed by atoms with E-state index in [0.717, 1.165) is 19.0 Å². The maximum Gasteiger partial charge on any atom is 0.191 e. The van der Waals surface area contributed by atoms with Crippen LogP contribution in [0.1, 0.15) is 48.5 Å². The maximum absolute atomic E-state index is 12.0. The van der Waals surface area contributed by atoms with Crippen LogP contribution in [0.15, 0.2) is 4.99 Å². The summed E-state index contributed by atoms with van der Waals surface area (Å²) in [5.74, 6) is 1.41. The van der Waals surface area contributed by atoms with Gasteiger partial charge in [0.15, 0.2) is 5.96 Å². The van der Waals surface area contributed by atoms with Crippen LogP contribution in [0.2, 0.25) is 0 Å². The molecule has 0 amide bonds. The van der Waals surface area contributed by atoms with Gasteiger partial charge in [-0.2, -0.15) is 0 Å². The minimum atomic E-state index is -0.835. The molecule has 0 saturated heterocycles. The van der Waals surface area contributed by atoms with Gasteiger partial charge in [0.1, 0.15) is 0 Å². The number of guanidine groups is 1. The van der Waals surface area contributed by atoms with E-state index in [-0.39, 0.29) is 28.7 Å². The van der Waals surface area contributed by atoms with Gasteiger partial charge in [0.05, 0.1) is 0 Å². The lowest BCUT2D eigenvalue weighted by Crippen LogP contribution is -2.46. The van der Waals surface area contributed by atoms with Crippen LogP contribution in [-0.2, 0) is 10.8 Å². The van der Waals surface area contributed by atoms with Crippen LogP contribution in [0.5, 0.6) is 0 Å². The Balaban J connectivity index is 0. The van der Waals surface area contributed by atoms with Crippen molar-refractivity contribution in [2.45, 2.75) is 65.3 Å². The Labute approximate surface area is 162 Å². The third kappa shape index (κ3) is 11.3. The van der Waals surface area contributed by atoms with Gasteiger partial charge >= 0.3 is 0 Å². The van der Waals surface area contributed by atoms with Gasteiger partial charge in [-0.25, -0.2) is 0 Å². The van der Waals surface area contributed by atoms with Crippen LogP contribution >= 0.6 is 24.0 Å². The molecule has 0 aliphatic carbocycles. The van der Waals surface area contributed by atoms with Crippen molar-refractivity contribution in [1.82, 2.24) is 15.5 Å². The fourth-order valence-corrected chi connectivity index (χ4v) is 3.10. The van der Waals surface area contributed by atoms with Gasteiger partial charge in [0.2, 0.25) is 0 Å². The third-order valence-corrected chi connectivity index (χ3v) is 5.42. The van der Waals surface area contributed by atoms with Crippen LogP contribution < -0.4 is 10.6 Å². The highest BCUT2D eigenvalue weighted by Crippen LogP contribution is 2.10. The lowest BCUT2D eigenvalue weighted by molar-refractivity contribution is 0.178. The molecule has 0 radical (unpaired) electrons. The van der Waals surface area contributed by atoms with Gasteiger partial charge in [-0.3, -0.25) is 14.1 Å². The molecule has 0 spiro atoms. The Morgan fingerprint density at radius 2 is 1.57 bits per heavy atom. The molecule has 0 aromatic heterocycles. The van der Waals surface area contributed by atoms with Gasteiger partial charge in [0, 0.05) is 60.1 Å². The van der Waals surface area contributed by atoms with Crippen molar-refractivity contribution in [3.8, 4) is 0 Å².